The van der Waals surface area contributed by atoms with E-state index in [-0.39, 0.29) is 38.5 Å². The van der Waals surface area contributed by atoms with Crippen LogP contribution in [-0.2, 0) is 95.1 Å². The van der Waals surface area contributed by atoms with Crippen molar-refractivity contribution in [2.24, 2.45) is 28.1 Å². The molecule has 32 nitrogen and oxygen atoms in total. The zero-order valence-corrected chi connectivity index (χ0v) is 77.7. The van der Waals surface area contributed by atoms with E-state index >= 15 is 0 Å². The summed E-state index contributed by atoms with van der Waals surface area (Å²) in [4.78, 5) is 172. The number of carbonyl (C=O) groups excluding carboxylic acids is 12. The second-order valence-corrected chi connectivity index (χ2v) is 45.7. The average Bonchev–Trinajstić information content (AvgIpc) is 0.740. The Kier molecular flexibility index (Phi) is 29.4. The fourth-order valence-electron chi connectivity index (χ4n) is 22.1. The van der Waals surface area contributed by atoms with Gasteiger partial charge in [-0.15, -0.1) is 0 Å². The fourth-order valence-corrected chi connectivity index (χ4v) is 22.1. The molecule has 6 aliphatic heterocycles. The van der Waals surface area contributed by atoms with E-state index in [1.165, 1.54) is 0 Å². The zero-order valence-electron chi connectivity index (χ0n) is 77.7. The topological polar surface area (TPSA) is 406 Å². The number of esters is 2. The Labute approximate surface area is 716 Å². The van der Waals surface area contributed by atoms with Gasteiger partial charge in [0.15, 0.2) is 0 Å². The Morgan fingerprint density at radius 1 is 0.281 bits per heavy atom. The maximum Gasteiger partial charge on any atom is 0.514 e. The van der Waals surface area contributed by atoms with Crippen LogP contribution in [0.2, 0.25) is 0 Å². The predicted molar refractivity (Wildman–Crippen MR) is 442 cm³/mol. The highest BCUT2D eigenvalue weighted by Gasteiger charge is 2.59. The summed E-state index contributed by atoms with van der Waals surface area (Å²) >= 11 is 0. The molecule has 6 heterocycles. The molecule has 0 radical (unpaired) electrons. The van der Waals surface area contributed by atoms with E-state index in [2.05, 4.69) is 31.9 Å². The molecule has 0 aromatic heterocycles. The van der Waals surface area contributed by atoms with Crippen LogP contribution in [0.15, 0.2) is 0 Å². The van der Waals surface area contributed by atoms with Gasteiger partial charge in [-0.3, -0.25) is 28.8 Å². The summed E-state index contributed by atoms with van der Waals surface area (Å²) < 4.78 is 82.5. The van der Waals surface area contributed by atoms with Gasteiger partial charge in [0.25, 0.3) is 0 Å². The van der Waals surface area contributed by atoms with Gasteiger partial charge < -0.3 is 98.2 Å². The molecule has 8 aliphatic rings. The van der Waals surface area contributed by atoms with Gasteiger partial charge in [0.2, 0.25) is 0 Å². The lowest BCUT2D eigenvalue weighted by Gasteiger charge is -2.46. The van der Waals surface area contributed by atoms with Crippen LogP contribution in [0.3, 0.4) is 0 Å². The van der Waals surface area contributed by atoms with Crippen LogP contribution in [0.5, 0.6) is 0 Å². The molecular formula is C89H146N6O26. The molecule has 8 rings (SSSR count). The molecule has 6 N–H and O–H groups in total. The molecule has 8 fully saturated rings. The van der Waals surface area contributed by atoms with Gasteiger partial charge in [-0.1, -0.05) is 27.7 Å². The lowest BCUT2D eigenvalue weighted by atomic mass is 9.54. The normalized spacial score (nSPS) is 26.5. The minimum absolute atomic E-state index is 0.341. The van der Waals surface area contributed by atoms with E-state index in [4.69, 9.17) is 66.3 Å². The highest BCUT2D eigenvalue weighted by atomic mass is 17.0. The maximum atomic E-state index is 14.5. The summed E-state index contributed by atoms with van der Waals surface area (Å²) in [6.45, 7) is 52.1. The third kappa shape index (κ3) is 29.6. The van der Waals surface area contributed by atoms with Crippen LogP contribution in [-0.4, -0.2) is 200 Å². The molecule has 0 aromatic rings. The molecule has 121 heavy (non-hydrogen) atoms. The fraction of sp³-hybridized carbons (Fsp3) is 0.865. The molecular weight excluding hydrogens is 1570 g/mol. The van der Waals surface area contributed by atoms with E-state index in [1.54, 1.807) is 27.7 Å². The van der Waals surface area contributed by atoms with Crippen molar-refractivity contribution in [3.05, 3.63) is 0 Å². The Bertz CT molecular complexity index is 3210. The smallest absolute Gasteiger partial charge is 0.465 e. The molecule has 0 unspecified atom stereocenters. The zero-order chi connectivity index (χ0) is 91.2. The van der Waals surface area contributed by atoms with Gasteiger partial charge in [-0.05, 0) is 184 Å². The molecule has 2 saturated carbocycles. The number of ketones is 4. The van der Waals surface area contributed by atoms with Gasteiger partial charge in [-0.2, -0.15) is 0 Å². The quantitative estimate of drug-likeness (QED) is 0.0203. The molecule has 688 valence electrons. The number of nitrogens with one attached hydrogen (secondary N) is 6. The van der Waals surface area contributed by atoms with Crippen molar-refractivity contribution in [1.82, 2.24) is 31.9 Å². The van der Waals surface area contributed by atoms with E-state index < -0.39 is 254 Å². The van der Waals surface area contributed by atoms with Gasteiger partial charge >= 0.3 is 60.8 Å². The summed E-state index contributed by atoms with van der Waals surface area (Å²) in [5.41, 5.74) is -10.1. The number of rotatable bonds is 26. The number of hydrogen-bond donors (Lipinski definition) is 6. The Morgan fingerprint density at radius 3 is 0.595 bits per heavy atom. The van der Waals surface area contributed by atoms with Crippen LogP contribution in [0.25, 0.3) is 0 Å². The van der Waals surface area contributed by atoms with Crippen LogP contribution in [0, 0.1) is 28.1 Å². The van der Waals surface area contributed by atoms with Crippen LogP contribution >= 0.6 is 0 Å². The maximum absolute atomic E-state index is 14.5. The highest BCUT2D eigenvalue weighted by molar-refractivity contribution is 6.11. The molecule has 0 amide bonds. The summed E-state index contributed by atoms with van der Waals surface area (Å²) in [7, 11) is 0. The number of hydrogen-bond acceptors (Lipinski definition) is 32. The number of piperidine rings is 6. The van der Waals surface area contributed by atoms with Gasteiger partial charge in [-0.25, -0.2) is 28.8 Å². The predicted octanol–water partition coefficient (Wildman–Crippen LogP) is 14.6. The third-order valence-electron chi connectivity index (χ3n) is 23.9. The monoisotopic (exact) mass is 1720 g/mol. The van der Waals surface area contributed by atoms with Crippen LogP contribution in [0.1, 0.15) is 335 Å². The van der Waals surface area contributed by atoms with Crippen molar-refractivity contribution in [3.63, 3.8) is 0 Å². The first-order chi connectivity index (χ1) is 54.8. The van der Waals surface area contributed by atoms with Crippen molar-refractivity contribution in [1.29, 1.82) is 0 Å². The van der Waals surface area contributed by atoms with Crippen molar-refractivity contribution >= 4 is 72.0 Å². The molecule has 0 bridgehead atoms. The lowest BCUT2D eigenvalue weighted by Crippen LogP contribution is -2.60. The van der Waals surface area contributed by atoms with Gasteiger partial charge in [0.05, 0.1) is 37.9 Å². The average molecular weight is 1720 g/mol. The molecule has 1 spiro atoms. The highest BCUT2D eigenvalue weighted by Crippen LogP contribution is 2.52. The van der Waals surface area contributed by atoms with Crippen molar-refractivity contribution in [3.8, 4) is 0 Å². The Morgan fingerprint density at radius 2 is 0.438 bits per heavy atom. The molecule has 6 saturated heterocycles. The summed E-state index contributed by atoms with van der Waals surface area (Å²) in [5, 5.41) is 21.2. The Balaban J connectivity index is 0.922. The van der Waals surface area contributed by atoms with E-state index in [1.807, 2.05) is 166 Å². The minimum atomic E-state index is -2.96. The molecule has 2 aliphatic carbocycles. The number of Topliss-reactive ketones (excluding diaryl/α,β-unsaturated/α-hetero) is 4. The van der Waals surface area contributed by atoms with Crippen LogP contribution in [0.4, 0.5) is 28.8 Å². The van der Waals surface area contributed by atoms with Crippen molar-refractivity contribution < 1.29 is 124 Å². The lowest BCUT2D eigenvalue weighted by molar-refractivity contribution is -0.327. The van der Waals surface area contributed by atoms with Crippen molar-refractivity contribution in [2.45, 2.75) is 450 Å². The Hall–Kier alpha value is -7.00. The second-order valence-electron chi connectivity index (χ2n) is 45.7. The summed E-state index contributed by atoms with van der Waals surface area (Å²) in [5.74, 6) is -12.7. The van der Waals surface area contributed by atoms with Crippen molar-refractivity contribution in [2.75, 3.05) is 13.2 Å². The van der Waals surface area contributed by atoms with E-state index in [0.29, 0.717) is 77.0 Å². The summed E-state index contributed by atoms with van der Waals surface area (Å²) in [6, 6.07) is 0. The standard InChI is InChI=1S/C89H146N6O26/c1-73(2,51-108-63(100)31-29-33-88(116-67(102)110-53-35-75(5,6)90-76(7,8)36-53,117-68(103)111-54-37-77(9,10)91-78(11,12)38-54)118-69(104)112-55-39-79(13,14)92-80(15,16)40-55)65-59(96)47-87(48-60(65)97)49-61(98)66(62(99)50-87)74(3,4)52-109-64(101)32-30-34-89(119-70(105)113-56-41-81(17,18)93-82(19,20)42-56,120-71(106)114-57-43-83(21,22)94-84(23,24)44-57)121-72(107)115-58-45-85(25,26)95-86(27,28)46-58/h53-58,65-66,90-95H,29-52H2,1-28H3. The first-order valence-electron chi connectivity index (χ1n) is 43.3. The molecule has 0 aromatic carbocycles. The first kappa shape index (κ1) is 99.4. The van der Waals surface area contributed by atoms with E-state index in [0.717, 1.165) is 0 Å². The van der Waals surface area contributed by atoms with Crippen LogP contribution < -0.4 is 31.9 Å². The molecule has 32 heteroatoms. The number of carbonyl (C=O) groups is 12. The number of ether oxygens (including phenoxy) is 14. The first-order valence-corrected chi connectivity index (χ1v) is 43.3. The third-order valence-corrected chi connectivity index (χ3v) is 23.9. The van der Waals surface area contributed by atoms with Gasteiger partial charge in [0, 0.05) is 193 Å². The second kappa shape index (κ2) is 35.8. The SMILES string of the molecule is CC1(C)CC(OC(=O)OC(CCCC(=O)OCC(C)(C)C2C(=O)CC3(CC2=O)CC(=O)C(C(C)(C)COC(=O)CCCC(OC(=O)OC2CC(C)(C)NC(C)(C)C2)(OC(=O)OC2CC(C)(C)NC(C)(C)C2)OC(=O)OC2CC(C)(C)NC(C)(C)C2)C(=O)C3)(OC(=O)OC2CC(C)(C)NC(C)(C)C2)OC(=O)OC2CC(C)(C)NC(C)(C)C2)CC(C)(C)N1. The largest absolute Gasteiger partial charge is 0.514 e. The minimum Gasteiger partial charge on any atom is -0.465 e. The summed E-state index contributed by atoms with van der Waals surface area (Å²) in [6.07, 6.45) is -12.8. The van der Waals surface area contributed by atoms with Gasteiger partial charge in [0.1, 0.15) is 59.8 Å². The molecule has 0 atom stereocenters. The van der Waals surface area contributed by atoms with E-state index in [9.17, 15) is 57.5 Å².